The molecule has 8 nitrogen and oxygen atoms in total. The van der Waals surface area contributed by atoms with Crippen LogP contribution in [0, 0.1) is 12.3 Å². The van der Waals surface area contributed by atoms with Crippen LogP contribution in [0.4, 0.5) is 0 Å². The smallest absolute Gasteiger partial charge is 0.283 e. The van der Waals surface area contributed by atoms with E-state index in [0.29, 0.717) is 34.9 Å². The van der Waals surface area contributed by atoms with Gasteiger partial charge in [0, 0.05) is 11.6 Å². The molecule has 5 rings (SSSR count). The van der Waals surface area contributed by atoms with Gasteiger partial charge in [-0.15, -0.1) is 0 Å². The first-order valence-corrected chi connectivity index (χ1v) is 12.4. The summed E-state index contributed by atoms with van der Waals surface area (Å²) in [7, 11) is 1.61. The minimum atomic E-state index is -0.458. The molecule has 0 bridgehead atoms. The number of hydrogen-bond donors (Lipinski definition) is 1. The van der Waals surface area contributed by atoms with Gasteiger partial charge in [0.2, 0.25) is 5.17 Å². The number of benzene rings is 3. The summed E-state index contributed by atoms with van der Waals surface area (Å²) in [5.41, 5.74) is 2.96. The lowest BCUT2D eigenvalue weighted by Gasteiger charge is -2.20. The van der Waals surface area contributed by atoms with E-state index in [1.807, 2.05) is 79.7 Å². The van der Waals surface area contributed by atoms with E-state index in [0.717, 1.165) is 22.4 Å². The lowest BCUT2D eigenvalue weighted by atomic mass is 10.1. The zero-order chi connectivity index (χ0) is 25.8. The highest BCUT2D eigenvalue weighted by Gasteiger charge is 2.36. The van der Waals surface area contributed by atoms with Gasteiger partial charge in [0.25, 0.3) is 5.91 Å². The van der Waals surface area contributed by atoms with Crippen LogP contribution in [0.5, 0.6) is 17.2 Å². The van der Waals surface area contributed by atoms with Crippen molar-refractivity contribution in [3.8, 4) is 17.2 Å². The summed E-state index contributed by atoms with van der Waals surface area (Å²) in [4.78, 5) is 16.9. The second-order valence-electron chi connectivity index (χ2n) is 8.19. The third-order valence-electron chi connectivity index (χ3n) is 5.68. The van der Waals surface area contributed by atoms with Gasteiger partial charge < -0.3 is 14.2 Å². The van der Waals surface area contributed by atoms with Crippen molar-refractivity contribution in [2.24, 2.45) is 10.1 Å². The van der Waals surface area contributed by atoms with Crippen molar-refractivity contribution < 1.29 is 19.0 Å². The Kier molecular flexibility index (Phi) is 7.04. The van der Waals surface area contributed by atoms with Crippen molar-refractivity contribution in [1.29, 1.82) is 5.41 Å². The summed E-state index contributed by atoms with van der Waals surface area (Å²) in [5, 5.41) is 15.7. The number of aryl methyl sites for hydroxylation is 1. The van der Waals surface area contributed by atoms with E-state index >= 15 is 0 Å². The van der Waals surface area contributed by atoms with Crippen LogP contribution in [0.25, 0.3) is 6.08 Å². The lowest BCUT2D eigenvalue weighted by Crippen LogP contribution is -2.35. The van der Waals surface area contributed by atoms with Crippen molar-refractivity contribution >= 4 is 39.8 Å². The average molecular weight is 513 g/mol. The molecule has 1 N–H and O–H groups in total. The maximum Gasteiger partial charge on any atom is 0.283 e. The maximum atomic E-state index is 12.7. The number of hydrazone groups is 1. The number of carbonyl (C=O) groups is 1. The Bertz CT molecular complexity index is 1450. The molecule has 186 valence electrons. The molecule has 0 saturated carbocycles. The maximum absolute atomic E-state index is 12.7. The second kappa shape index (κ2) is 10.7. The highest BCUT2D eigenvalue weighted by molar-refractivity contribution is 8.27. The Morgan fingerprint density at radius 2 is 1.68 bits per heavy atom. The summed E-state index contributed by atoms with van der Waals surface area (Å²) in [5.74, 6) is 1.66. The van der Waals surface area contributed by atoms with Crippen LogP contribution >= 0.6 is 11.8 Å². The second-order valence-corrected chi connectivity index (χ2v) is 9.14. The molecule has 3 aromatic rings. The van der Waals surface area contributed by atoms with E-state index in [-0.39, 0.29) is 11.4 Å². The first-order chi connectivity index (χ1) is 18.0. The third-order valence-corrected chi connectivity index (χ3v) is 6.62. The molecule has 0 radical (unpaired) electrons. The van der Waals surface area contributed by atoms with Crippen LogP contribution in [-0.2, 0) is 4.79 Å². The molecule has 0 aromatic heterocycles. The van der Waals surface area contributed by atoms with Crippen molar-refractivity contribution in [3.63, 3.8) is 0 Å². The fourth-order valence-electron chi connectivity index (χ4n) is 3.75. The summed E-state index contributed by atoms with van der Waals surface area (Å²) >= 11 is 1.29. The number of nitrogens with zero attached hydrogens (tertiary/aromatic N) is 3. The Balaban J connectivity index is 1.22. The van der Waals surface area contributed by atoms with Gasteiger partial charge in [-0.25, -0.2) is 0 Å². The Morgan fingerprint density at radius 1 is 0.946 bits per heavy atom. The van der Waals surface area contributed by atoms with Gasteiger partial charge in [-0.3, -0.25) is 10.2 Å². The van der Waals surface area contributed by atoms with Crippen LogP contribution in [-0.4, -0.2) is 47.3 Å². The molecule has 3 aromatic carbocycles. The molecule has 2 heterocycles. The number of amidine groups is 2. The lowest BCUT2D eigenvalue weighted by molar-refractivity contribution is -0.114. The number of amides is 1. The highest BCUT2D eigenvalue weighted by atomic mass is 32.2. The predicted octanol–water partition coefficient (Wildman–Crippen LogP) is 5.13. The molecule has 1 amide bonds. The molecule has 37 heavy (non-hydrogen) atoms. The molecule has 2 aliphatic heterocycles. The van der Waals surface area contributed by atoms with E-state index in [1.54, 1.807) is 13.2 Å². The van der Waals surface area contributed by atoms with Gasteiger partial charge in [-0.2, -0.15) is 15.1 Å². The van der Waals surface area contributed by atoms with E-state index in [4.69, 9.17) is 19.6 Å². The molecular formula is C28H24N4O4S. The first kappa shape index (κ1) is 24.3. The van der Waals surface area contributed by atoms with Gasteiger partial charge in [0.05, 0.1) is 12.7 Å². The molecule has 0 unspecified atom stereocenters. The standard InChI is InChI=1S/C28H24N4O4S/c1-18-6-3-4-9-23(18)27-31-32-25(29)24(26(33)30-28(32)37-27)16-19-10-12-20(13-11-19)35-14-15-36-22-8-5-7-21(17-22)34-2/h3-13,16-17,29H,14-15H2,1-2H3/b24-16+,29-25?. The van der Waals surface area contributed by atoms with Crippen LogP contribution in [0.15, 0.2) is 88.5 Å². The largest absolute Gasteiger partial charge is 0.497 e. The number of rotatable bonds is 8. The monoisotopic (exact) mass is 512 g/mol. The molecule has 0 aliphatic carbocycles. The van der Waals surface area contributed by atoms with Gasteiger partial charge in [-0.05, 0) is 60.2 Å². The van der Waals surface area contributed by atoms with E-state index in [1.165, 1.54) is 16.8 Å². The Hall–Kier alpha value is -4.37. The molecule has 9 heteroatoms. The Labute approximate surface area is 218 Å². The summed E-state index contributed by atoms with van der Waals surface area (Å²) in [6, 6.07) is 22.5. The number of nitrogens with one attached hydrogen (secondary N) is 1. The zero-order valence-electron chi connectivity index (χ0n) is 20.3. The van der Waals surface area contributed by atoms with Crippen molar-refractivity contribution in [3.05, 3.63) is 95.1 Å². The predicted molar refractivity (Wildman–Crippen MR) is 146 cm³/mol. The van der Waals surface area contributed by atoms with Crippen LogP contribution in [0.3, 0.4) is 0 Å². The van der Waals surface area contributed by atoms with Gasteiger partial charge >= 0.3 is 0 Å². The first-order valence-electron chi connectivity index (χ1n) is 11.6. The molecule has 0 fully saturated rings. The van der Waals surface area contributed by atoms with Crippen molar-refractivity contribution in [2.45, 2.75) is 6.92 Å². The van der Waals surface area contributed by atoms with Crippen LogP contribution < -0.4 is 14.2 Å². The SMILES string of the molecule is COc1cccc(OCCOc2ccc(/C=C3\C(=N)N4N=C(c5ccccc5C)SC4=NC3=O)cc2)c1. The van der Waals surface area contributed by atoms with Gasteiger partial charge in [0.1, 0.15) is 35.5 Å². The minimum absolute atomic E-state index is 0.00102. The molecule has 0 atom stereocenters. The quantitative estimate of drug-likeness (QED) is 0.332. The fourth-order valence-corrected chi connectivity index (χ4v) is 4.73. The van der Waals surface area contributed by atoms with Crippen molar-refractivity contribution in [1.82, 2.24) is 5.01 Å². The van der Waals surface area contributed by atoms with E-state index < -0.39 is 5.91 Å². The normalized spacial score (nSPS) is 15.8. The number of carbonyl (C=O) groups excluding carboxylic acids is 1. The zero-order valence-corrected chi connectivity index (χ0v) is 21.1. The number of fused-ring (bicyclic) bond motifs is 1. The number of ether oxygens (including phenoxy) is 3. The van der Waals surface area contributed by atoms with Crippen LogP contribution in [0.2, 0.25) is 0 Å². The van der Waals surface area contributed by atoms with Gasteiger partial charge in [-0.1, -0.05) is 42.5 Å². The summed E-state index contributed by atoms with van der Waals surface area (Å²) in [6.07, 6.45) is 1.65. The minimum Gasteiger partial charge on any atom is -0.497 e. The highest BCUT2D eigenvalue weighted by Crippen LogP contribution is 2.32. The number of aliphatic imine (C=N–C) groups is 1. The van der Waals surface area contributed by atoms with E-state index in [2.05, 4.69) is 10.1 Å². The molecule has 0 saturated heterocycles. The van der Waals surface area contributed by atoms with E-state index in [9.17, 15) is 4.79 Å². The number of thioether (sulfide) groups is 1. The van der Waals surface area contributed by atoms with Gasteiger partial charge in [0.15, 0.2) is 5.84 Å². The number of hydrogen-bond acceptors (Lipinski definition) is 7. The molecule has 2 aliphatic rings. The fraction of sp³-hybridized carbons (Fsp3) is 0.143. The molecule has 0 spiro atoms. The topological polar surface area (TPSA) is 96.6 Å². The third kappa shape index (κ3) is 5.41. The van der Waals surface area contributed by atoms with Crippen molar-refractivity contribution in [2.75, 3.05) is 20.3 Å². The average Bonchev–Trinajstić information content (AvgIpc) is 3.34. The number of methoxy groups -OCH3 is 1. The molecular weight excluding hydrogens is 488 g/mol. The van der Waals surface area contributed by atoms with Crippen LogP contribution in [0.1, 0.15) is 16.7 Å². The Morgan fingerprint density at radius 3 is 2.43 bits per heavy atom. The summed E-state index contributed by atoms with van der Waals surface area (Å²) < 4.78 is 16.6. The summed E-state index contributed by atoms with van der Waals surface area (Å²) in [6.45, 7) is 2.75.